The molecular weight excluding hydrogens is 294 g/mol. The van der Waals surface area contributed by atoms with Crippen LogP contribution in [0.25, 0.3) is 11.0 Å². The standard InChI is InChI=1S/C14H18ClN3O3/c1-14(2,3)9(7-10(19)20)18-6-5-8-11(18)16-13(15)17-12(8)21-4/h5-6,9H,7H2,1-4H3,(H,19,20). The molecular formula is C14H18ClN3O3. The van der Waals surface area contributed by atoms with E-state index in [9.17, 15) is 9.90 Å². The second-order valence-electron chi connectivity index (χ2n) is 5.94. The molecule has 0 saturated carbocycles. The van der Waals surface area contributed by atoms with Gasteiger partial charge in [0.2, 0.25) is 11.2 Å². The van der Waals surface area contributed by atoms with E-state index in [0.717, 1.165) is 0 Å². The van der Waals surface area contributed by atoms with Crippen LogP contribution in [0, 0.1) is 5.41 Å². The molecule has 1 unspecified atom stereocenters. The zero-order valence-electron chi connectivity index (χ0n) is 12.4. The molecule has 0 aliphatic carbocycles. The molecule has 0 bridgehead atoms. The Morgan fingerprint density at radius 3 is 2.67 bits per heavy atom. The summed E-state index contributed by atoms with van der Waals surface area (Å²) in [6.07, 6.45) is 1.80. The van der Waals surface area contributed by atoms with Gasteiger partial charge in [-0.05, 0) is 23.1 Å². The maximum Gasteiger partial charge on any atom is 0.305 e. The predicted octanol–water partition coefficient (Wildman–Crippen LogP) is 3.16. The van der Waals surface area contributed by atoms with Gasteiger partial charge in [0.05, 0.1) is 25.0 Å². The van der Waals surface area contributed by atoms with Gasteiger partial charge in [-0.2, -0.15) is 9.97 Å². The van der Waals surface area contributed by atoms with Crippen molar-refractivity contribution in [2.24, 2.45) is 5.41 Å². The van der Waals surface area contributed by atoms with Crippen molar-refractivity contribution in [3.8, 4) is 5.88 Å². The first-order chi connectivity index (χ1) is 9.74. The Bertz CT molecular complexity index is 676. The molecule has 0 aliphatic rings. The lowest BCUT2D eigenvalue weighted by Crippen LogP contribution is -2.26. The lowest BCUT2D eigenvalue weighted by molar-refractivity contribution is -0.138. The predicted molar refractivity (Wildman–Crippen MR) is 79.8 cm³/mol. The van der Waals surface area contributed by atoms with Crippen LogP contribution in [0.3, 0.4) is 0 Å². The van der Waals surface area contributed by atoms with E-state index in [0.29, 0.717) is 16.9 Å². The van der Waals surface area contributed by atoms with Crippen molar-refractivity contribution in [2.75, 3.05) is 7.11 Å². The third-order valence-corrected chi connectivity index (χ3v) is 3.58. The number of carbonyl (C=O) groups is 1. The summed E-state index contributed by atoms with van der Waals surface area (Å²) in [5.41, 5.74) is 0.322. The average Bonchev–Trinajstić information content (AvgIpc) is 2.76. The highest BCUT2D eigenvalue weighted by Crippen LogP contribution is 2.37. The lowest BCUT2D eigenvalue weighted by atomic mass is 9.84. The van der Waals surface area contributed by atoms with Gasteiger partial charge in [-0.1, -0.05) is 20.8 Å². The number of nitrogens with zero attached hydrogens (tertiary/aromatic N) is 3. The van der Waals surface area contributed by atoms with Crippen molar-refractivity contribution in [2.45, 2.75) is 33.2 Å². The molecule has 114 valence electrons. The van der Waals surface area contributed by atoms with Crippen molar-refractivity contribution in [1.82, 2.24) is 14.5 Å². The molecule has 0 radical (unpaired) electrons. The number of rotatable bonds is 4. The minimum absolute atomic E-state index is 0.00276. The number of carboxylic acids is 1. The number of hydrogen-bond donors (Lipinski definition) is 1. The van der Waals surface area contributed by atoms with Crippen molar-refractivity contribution >= 4 is 28.6 Å². The Balaban J connectivity index is 2.64. The summed E-state index contributed by atoms with van der Waals surface area (Å²) >= 11 is 5.92. The third-order valence-electron chi connectivity index (χ3n) is 3.41. The number of methoxy groups -OCH3 is 1. The molecule has 0 amide bonds. The van der Waals surface area contributed by atoms with Gasteiger partial charge in [-0.25, -0.2) is 0 Å². The van der Waals surface area contributed by atoms with E-state index < -0.39 is 5.97 Å². The van der Waals surface area contributed by atoms with E-state index in [-0.39, 0.29) is 23.2 Å². The highest BCUT2D eigenvalue weighted by Gasteiger charge is 2.30. The smallest absolute Gasteiger partial charge is 0.305 e. The molecule has 1 atom stereocenters. The quantitative estimate of drug-likeness (QED) is 0.878. The van der Waals surface area contributed by atoms with Crippen molar-refractivity contribution < 1.29 is 14.6 Å². The average molecular weight is 312 g/mol. The summed E-state index contributed by atoms with van der Waals surface area (Å²) in [6.45, 7) is 5.98. The Morgan fingerprint density at radius 2 is 2.14 bits per heavy atom. The van der Waals surface area contributed by atoms with Crippen LogP contribution in [-0.4, -0.2) is 32.7 Å². The van der Waals surface area contributed by atoms with Crippen LogP contribution >= 0.6 is 11.6 Å². The van der Waals surface area contributed by atoms with Gasteiger partial charge in [0.15, 0.2) is 0 Å². The second-order valence-corrected chi connectivity index (χ2v) is 6.28. The Hall–Kier alpha value is -1.82. The van der Waals surface area contributed by atoms with Crippen molar-refractivity contribution in [1.29, 1.82) is 0 Å². The fourth-order valence-corrected chi connectivity index (χ4v) is 2.53. The number of fused-ring (bicyclic) bond motifs is 1. The number of halogens is 1. The van der Waals surface area contributed by atoms with Gasteiger partial charge < -0.3 is 14.4 Å². The van der Waals surface area contributed by atoms with Crippen LogP contribution in [0.1, 0.15) is 33.2 Å². The molecule has 0 aromatic carbocycles. The highest BCUT2D eigenvalue weighted by molar-refractivity contribution is 6.28. The van der Waals surface area contributed by atoms with Crippen LogP contribution in [0.5, 0.6) is 5.88 Å². The number of hydrogen-bond acceptors (Lipinski definition) is 4. The van der Waals surface area contributed by atoms with Crippen LogP contribution in [-0.2, 0) is 4.79 Å². The first-order valence-electron chi connectivity index (χ1n) is 6.54. The Morgan fingerprint density at radius 1 is 1.48 bits per heavy atom. The number of ether oxygens (including phenoxy) is 1. The minimum atomic E-state index is -0.858. The number of aliphatic carboxylic acids is 1. The zero-order valence-corrected chi connectivity index (χ0v) is 13.2. The van der Waals surface area contributed by atoms with E-state index in [2.05, 4.69) is 9.97 Å². The lowest BCUT2D eigenvalue weighted by Gasteiger charge is -2.31. The molecule has 2 aromatic heterocycles. The molecule has 1 N–H and O–H groups in total. The molecule has 7 heteroatoms. The normalized spacial score (nSPS) is 13.4. The number of aromatic nitrogens is 3. The third kappa shape index (κ3) is 3.10. The molecule has 0 aliphatic heterocycles. The first kappa shape index (κ1) is 15.6. The molecule has 0 fully saturated rings. The summed E-state index contributed by atoms with van der Waals surface area (Å²) in [7, 11) is 1.51. The van der Waals surface area contributed by atoms with E-state index in [1.807, 2.05) is 31.4 Å². The summed E-state index contributed by atoms with van der Waals surface area (Å²) in [6, 6.07) is 1.55. The number of carboxylic acid groups (broad SMARTS) is 1. The van der Waals surface area contributed by atoms with Crippen molar-refractivity contribution in [3.63, 3.8) is 0 Å². The van der Waals surface area contributed by atoms with E-state index in [4.69, 9.17) is 16.3 Å². The molecule has 2 aromatic rings. The van der Waals surface area contributed by atoms with E-state index in [1.165, 1.54) is 7.11 Å². The van der Waals surface area contributed by atoms with Crippen LogP contribution in [0.4, 0.5) is 0 Å². The minimum Gasteiger partial charge on any atom is -0.481 e. The van der Waals surface area contributed by atoms with Crippen molar-refractivity contribution in [3.05, 3.63) is 17.5 Å². The molecule has 0 spiro atoms. The summed E-state index contributed by atoms with van der Waals surface area (Å²) < 4.78 is 7.04. The van der Waals surface area contributed by atoms with Crippen LogP contribution in [0.2, 0.25) is 5.28 Å². The fraction of sp³-hybridized carbons (Fsp3) is 0.500. The molecule has 0 saturated heterocycles. The molecule has 21 heavy (non-hydrogen) atoms. The van der Waals surface area contributed by atoms with Gasteiger partial charge in [-0.15, -0.1) is 0 Å². The second kappa shape index (κ2) is 5.52. The van der Waals surface area contributed by atoms with Crippen LogP contribution in [0.15, 0.2) is 12.3 Å². The summed E-state index contributed by atoms with van der Waals surface area (Å²) in [5, 5.41) is 9.96. The van der Waals surface area contributed by atoms with E-state index in [1.54, 1.807) is 6.20 Å². The Kier molecular flexibility index (Phi) is 4.09. The molecule has 2 rings (SSSR count). The molecule has 2 heterocycles. The fourth-order valence-electron chi connectivity index (χ4n) is 2.37. The summed E-state index contributed by atoms with van der Waals surface area (Å²) in [5.74, 6) is -0.476. The van der Waals surface area contributed by atoms with Gasteiger partial charge in [0, 0.05) is 6.20 Å². The van der Waals surface area contributed by atoms with Gasteiger partial charge >= 0.3 is 5.97 Å². The highest BCUT2D eigenvalue weighted by atomic mass is 35.5. The zero-order chi connectivity index (χ0) is 15.8. The van der Waals surface area contributed by atoms with Gasteiger partial charge in [0.25, 0.3) is 0 Å². The largest absolute Gasteiger partial charge is 0.481 e. The first-order valence-corrected chi connectivity index (χ1v) is 6.91. The Labute approximate surface area is 127 Å². The topological polar surface area (TPSA) is 77.2 Å². The van der Waals surface area contributed by atoms with Gasteiger partial charge in [-0.3, -0.25) is 4.79 Å². The van der Waals surface area contributed by atoms with E-state index >= 15 is 0 Å². The molecule has 6 nitrogen and oxygen atoms in total. The maximum absolute atomic E-state index is 11.2. The van der Waals surface area contributed by atoms with Crippen LogP contribution < -0.4 is 4.74 Å². The monoisotopic (exact) mass is 311 g/mol. The van der Waals surface area contributed by atoms with Gasteiger partial charge in [0.1, 0.15) is 5.65 Å². The SMILES string of the molecule is COc1nc(Cl)nc2c1ccn2C(CC(=O)O)C(C)(C)C. The maximum atomic E-state index is 11.2. The summed E-state index contributed by atoms with van der Waals surface area (Å²) in [4.78, 5) is 19.4.